The standard InChI is InChI=1S/C14H13F3N2O2/c15-14(16,17)9-21-7-6-12-18-11(8-13(20)19-12)10-4-2-1-3-5-10/h1-5,8H,6-7,9H2,(H,18,19,20). The largest absolute Gasteiger partial charge is 0.411 e. The van der Waals surface area contributed by atoms with Crippen LogP contribution in [0.3, 0.4) is 0 Å². The lowest BCUT2D eigenvalue weighted by atomic mass is 10.1. The van der Waals surface area contributed by atoms with Crippen molar-refractivity contribution < 1.29 is 17.9 Å². The number of ether oxygens (including phenoxy) is 1. The van der Waals surface area contributed by atoms with Crippen LogP contribution in [0.5, 0.6) is 0 Å². The number of halogens is 3. The van der Waals surface area contributed by atoms with E-state index >= 15 is 0 Å². The van der Waals surface area contributed by atoms with Crippen molar-refractivity contribution >= 4 is 0 Å². The molecule has 1 aromatic carbocycles. The van der Waals surface area contributed by atoms with Gasteiger partial charge in [0.1, 0.15) is 12.4 Å². The number of aromatic nitrogens is 2. The molecule has 0 aliphatic rings. The van der Waals surface area contributed by atoms with Crippen LogP contribution in [0.25, 0.3) is 11.3 Å². The summed E-state index contributed by atoms with van der Waals surface area (Å²) in [5.41, 5.74) is 0.890. The molecule has 0 amide bonds. The fourth-order valence-corrected chi connectivity index (χ4v) is 1.74. The van der Waals surface area contributed by atoms with Crippen LogP contribution < -0.4 is 5.56 Å². The second-order valence-electron chi connectivity index (χ2n) is 4.36. The Kier molecular flexibility index (Phi) is 4.74. The summed E-state index contributed by atoms with van der Waals surface area (Å²) in [5, 5.41) is 0. The Balaban J connectivity index is 2.04. The summed E-state index contributed by atoms with van der Waals surface area (Å²) in [6, 6.07) is 10.4. The molecule has 0 fully saturated rings. The average molecular weight is 298 g/mol. The van der Waals surface area contributed by atoms with Gasteiger partial charge in [0.25, 0.3) is 5.56 Å². The van der Waals surface area contributed by atoms with Gasteiger partial charge < -0.3 is 9.72 Å². The number of nitrogens with one attached hydrogen (secondary N) is 1. The van der Waals surface area contributed by atoms with E-state index in [9.17, 15) is 18.0 Å². The summed E-state index contributed by atoms with van der Waals surface area (Å²) in [7, 11) is 0. The van der Waals surface area contributed by atoms with E-state index in [1.165, 1.54) is 6.07 Å². The highest BCUT2D eigenvalue weighted by molar-refractivity contribution is 5.58. The Bertz CT molecular complexity index is 639. The molecule has 1 heterocycles. The van der Waals surface area contributed by atoms with Gasteiger partial charge in [-0.2, -0.15) is 13.2 Å². The van der Waals surface area contributed by atoms with Gasteiger partial charge >= 0.3 is 6.18 Å². The Hall–Kier alpha value is -2.15. The zero-order valence-corrected chi connectivity index (χ0v) is 11.0. The fraction of sp³-hybridized carbons (Fsp3) is 0.286. The molecule has 0 radical (unpaired) electrons. The molecule has 0 spiro atoms. The monoisotopic (exact) mass is 298 g/mol. The van der Waals surface area contributed by atoms with Crippen molar-refractivity contribution in [1.82, 2.24) is 9.97 Å². The van der Waals surface area contributed by atoms with E-state index in [0.717, 1.165) is 5.56 Å². The molecule has 1 aromatic heterocycles. The van der Waals surface area contributed by atoms with Crippen LogP contribution in [-0.2, 0) is 11.2 Å². The van der Waals surface area contributed by atoms with Crippen molar-refractivity contribution in [2.45, 2.75) is 12.6 Å². The number of benzene rings is 1. The SMILES string of the molecule is O=c1cc(-c2ccccc2)nc(CCOCC(F)(F)F)[nH]1. The van der Waals surface area contributed by atoms with Crippen LogP contribution in [0.15, 0.2) is 41.2 Å². The number of hydrogen-bond donors (Lipinski definition) is 1. The van der Waals surface area contributed by atoms with Crippen molar-refractivity contribution in [2.24, 2.45) is 0 Å². The molecule has 0 saturated heterocycles. The van der Waals surface area contributed by atoms with Gasteiger partial charge in [-0.3, -0.25) is 4.79 Å². The van der Waals surface area contributed by atoms with Gasteiger partial charge in [0.15, 0.2) is 0 Å². The molecule has 2 aromatic rings. The molecule has 7 heteroatoms. The zero-order chi connectivity index (χ0) is 15.3. The number of alkyl halides is 3. The van der Waals surface area contributed by atoms with Gasteiger partial charge in [0.05, 0.1) is 12.3 Å². The van der Waals surface area contributed by atoms with Crippen LogP contribution in [0, 0.1) is 0 Å². The summed E-state index contributed by atoms with van der Waals surface area (Å²) in [6.07, 6.45) is -4.25. The normalized spacial score (nSPS) is 11.6. The molecule has 2 rings (SSSR count). The van der Waals surface area contributed by atoms with Crippen LogP contribution in [0.1, 0.15) is 5.82 Å². The third-order valence-electron chi connectivity index (χ3n) is 2.61. The van der Waals surface area contributed by atoms with Crippen LogP contribution in [-0.4, -0.2) is 29.4 Å². The van der Waals surface area contributed by atoms with Crippen LogP contribution in [0.2, 0.25) is 0 Å². The molecule has 1 N–H and O–H groups in total. The molecule has 0 atom stereocenters. The molecular formula is C14H13F3N2O2. The minimum Gasteiger partial charge on any atom is -0.372 e. The minimum atomic E-state index is -4.35. The van der Waals surface area contributed by atoms with Gasteiger partial charge in [0.2, 0.25) is 0 Å². The predicted octanol–water partition coefficient (Wildman–Crippen LogP) is 2.56. The predicted molar refractivity (Wildman–Crippen MR) is 70.9 cm³/mol. The Morgan fingerprint density at radius 1 is 1.19 bits per heavy atom. The summed E-state index contributed by atoms with van der Waals surface area (Å²) in [6.45, 7) is -1.48. The molecule has 0 unspecified atom stereocenters. The second-order valence-corrected chi connectivity index (χ2v) is 4.36. The first-order chi connectivity index (χ1) is 9.94. The zero-order valence-electron chi connectivity index (χ0n) is 11.0. The van der Waals surface area contributed by atoms with Gasteiger partial charge in [0, 0.05) is 18.1 Å². The first-order valence-corrected chi connectivity index (χ1v) is 6.24. The van der Waals surface area contributed by atoms with Crippen molar-refractivity contribution in [1.29, 1.82) is 0 Å². The summed E-state index contributed by atoms with van der Waals surface area (Å²) in [4.78, 5) is 18.3. The Morgan fingerprint density at radius 3 is 2.57 bits per heavy atom. The average Bonchev–Trinajstić information content (AvgIpc) is 2.43. The highest BCUT2D eigenvalue weighted by Crippen LogP contribution is 2.15. The maximum atomic E-state index is 11.9. The fourth-order valence-electron chi connectivity index (χ4n) is 1.74. The maximum absolute atomic E-state index is 11.9. The number of aromatic amines is 1. The van der Waals surface area contributed by atoms with E-state index in [1.54, 1.807) is 12.1 Å². The smallest absolute Gasteiger partial charge is 0.372 e. The minimum absolute atomic E-state index is 0.103. The molecule has 0 aliphatic heterocycles. The summed E-state index contributed by atoms with van der Waals surface area (Å²) < 4.78 is 40.3. The first-order valence-electron chi connectivity index (χ1n) is 6.24. The number of nitrogens with zero attached hydrogens (tertiary/aromatic N) is 1. The van der Waals surface area contributed by atoms with Crippen molar-refractivity contribution in [3.8, 4) is 11.3 Å². The van der Waals surface area contributed by atoms with Crippen molar-refractivity contribution in [2.75, 3.05) is 13.2 Å². The van der Waals surface area contributed by atoms with E-state index < -0.39 is 12.8 Å². The second kappa shape index (κ2) is 6.53. The highest BCUT2D eigenvalue weighted by atomic mass is 19.4. The quantitative estimate of drug-likeness (QED) is 0.863. The lowest BCUT2D eigenvalue weighted by Crippen LogP contribution is -2.19. The van der Waals surface area contributed by atoms with Crippen LogP contribution >= 0.6 is 0 Å². The molecule has 21 heavy (non-hydrogen) atoms. The number of rotatable bonds is 5. The van der Waals surface area contributed by atoms with E-state index in [2.05, 4.69) is 14.7 Å². The van der Waals surface area contributed by atoms with Gasteiger partial charge in [-0.25, -0.2) is 4.98 Å². The summed E-state index contributed by atoms with van der Waals surface area (Å²) >= 11 is 0. The maximum Gasteiger partial charge on any atom is 0.411 e. The molecule has 0 aliphatic carbocycles. The third kappa shape index (κ3) is 5.03. The lowest BCUT2D eigenvalue weighted by Gasteiger charge is -2.08. The Labute approximate surface area is 118 Å². The molecule has 0 bridgehead atoms. The van der Waals surface area contributed by atoms with Gasteiger partial charge in [-0.1, -0.05) is 30.3 Å². The van der Waals surface area contributed by atoms with Crippen molar-refractivity contribution in [3.63, 3.8) is 0 Å². The van der Waals surface area contributed by atoms with Gasteiger partial charge in [-0.15, -0.1) is 0 Å². The number of H-pyrrole nitrogens is 1. The van der Waals surface area contributed by atoms with Crippen LogP contribution in [0.4, 0.5) is 13.2 Å². The van der Waals surface area contributed by atoms with E-state index in [-0.39, 0.29) is 18.6 Å². The molecule has 4 nitrogen and oxygen atoms in total. The van der Waals surface area contributed by atoms with Crippen molar-refractivity contribution in [3.05, 3.63) is 52.6 Å². The lowest BCUT2D eigenvalue weighted by molar-refractivity contribution is -0.173. The van der Waals surface area contributed by atoms with Gasteiger partial charge in [-0.05, 0) is 0 Å². The molecule has 0 saturated carbocycles. The molecule has 112 valence electrons. The Morgan fingerprint density at radius 2 is 1.90 bits per heavy atom. The van der Waals surface area contributed by atoms with E-state index in [0.29, 0.717) is 11.5 Å². The topological polar surface area (TPSA) is 55.0 Å². The number of hydrogen-bond acceptors (Lipinski definition) is 3. The highest BCUT2D eigenvalue weighted by Gasteiger charge is 2.27. The van der Waals surface area contributed by atoms with E-state index in [4.69, 9.17) is 0 Å². The van der Waals surface area contributed by atoms with E-state index in [1.807, 2.05) is 18.2 Å². The molecular weight excluding hydrogens is 285 g/mol. The third-order valence-corrected chi connectivity index (χ3v) is 2.61. The summed E-state index contributed by atoms with van der Waals surface area (Å²) in [5.74, 6) is 0.295. The first kappa shape index (κ1) is 15.2.